The normalized spacial score (nSPS) is 12.8. The van der Waals surface area contributed by atoms with E-state index in [9.17, 15) is 10.1 Å². The lowest BCUT2D eigenvalue weighted by molar-refractivity contribution is -0.384. The van der Waals surface area contributed by atoms with Crippen LogP contribution in [0.3, 0.4) is 0 Å². The summed E-state index contributed by atoms with van der Waals surface area (Å²) in [6.07, 6.45) is 1.67. The number of rotatable bonds is 4. The molecule has 1 atom stereocenters. The van der Waals surface area contributed by atoms with Crippen molar-refractivity contribution in [1.29, 1.82) is 0 Å². The zero-order valence-electron chi connectivity index (χ0n) is 9.41. The van der Waals surface area contributed by atoms with E-state index in [1.165, 1.54) is 12.1 Å². The standard InChI is InChI=1S/C11H13N3O3/c1-8(7-15)6-13-11-4-10(14(16)17)3-2-9(11)5-12-13/h2-5,8,15H,6-7H2,1H3. The van der Waals surface area contributed by atoms with Gasteiger partial charge in [-0.25, -0.2) is 0 Å². The van der Waals surface area contributed by atoms with Crippen molar-refractivity contribution in [3.63, 3.8) is 0 Å². The Balaban J connectivity index is 2.43. The lowest BCUT2D eigenvalue weighted by Crippen LogP contribution is -2.12. The van der Waals surface area contributed by atoms with Gasteiger partial charge in [-0.05, 0) is 12.0 Å². The van der Waals surface area contributed by atoms with Crippen LogP contribution in [-0.2, 0) is 6.54 Å². The molecule has 0 saturated carbocycles. The number of hydrogen-bond acceptors (Lipinski definition) is 4. The van der Waals surface area contributed by atoms with Gasteiger partial charge in [0.25, 0.3) is 5.69 Å². The van der Waals surface area contributed by atoms with Gasteiger partial charge in [0.1, 0.15) is 0 Å². The summed E-state index contributed by atoms with van der Waals surface area (Å²) in [5, 5.41) is 24.7. The molecule has 2 aromatic rings. The maximum atomic E-state index is 10.7. The molecule has 1 unspecified atom stereocenters. The molecular weight excluding hydrogens is 222 g/mol. The summed E-state index contributed by atoms with van der Waals surface area (Å²) in [6.45, 7) is 2.50. The van der Waals surface area contributed by atoms with E-state index in [2.05, 4.69) is 5.10 Å². The second-order valence-electron chi connectivity index (χ2n) is 4.11. The van der Waals surface area contributed by atoms with Crippen molar-refractivity contribution < 1.29 is 10.0 Å². The van der Waals surface area contributed by atoms with Crippen molar-refractivity contribution in [3.05, 3.63) is 34.5 Å². The largest absolute Gasteiger partial charge is 0.396 e. The molecule has 0 aliphatic rings. The second-order valence-corrected chi connectivity index (χ2v) is 4.11. The molecule has 6 nitrogen and oxygen atoms in total. The first-order valence-corrected chi connectivity index (χ1v) is 5.32. The number of aromatic nitrogens is 2. The van der Waals surface area contributed by atoms with Crippen LogP contribution in [0.1, 0.15) is 6.92 Å². The van der Waals surface area contributed by atoms with Crippen molar-refractivity contribution in [2.24, 2.45) is 5.92 Å². The van der Waals surface area contributed by atoms with Crippen LogP contribution in [-0.4, -0.2) is 26.4 Å². The van der Waals surface area contributed by atoms with Crippen molar-refractivity contribution in [2.75, 3.05) is 6.61 Å². The van der Waals surface area contributed by atoms with Gasteiger partial charge in [-0.1, -0.05) is 6.92 Å². The summed E-state index contributed by atoms with van der Waals surface area (Å²) in [5.74, 6) is 0.0670. The highest BCUT2D eigenvalue weighted by atomic mass is 16.6. The van der Waals surface area contributed by atoms with Crippen molar-refractivity contribution in [2.45, 2.75) is 13.5 Å². The summed E-state index contributed by atoms with van der Waals surface area (Å²) < 4.78 is 1.68. The van der Waals surface area contributed by atoms with Gasteiger partial charge in [0.05, 0.1) is 16.6 Å². The smallest absolute Gasteiger partial charge is 0.271 e. The lowest BCUT2D eigenvalue weighted by Gasteiger charge is -2.08. The fourth-order valence-corrected chi connectivity index (χ4v) is 1.67. The van der Waals surface area contributed by atoms with Crippen LogP contribution in [0.4, 0.5) is 5.69 Å². The number of nitro benzene ring substituents is 1. The fourth-order valence-electron chi connectivity index (χ4n) is 1.67. The van der Waals surface area contributed by atoms with E-state index >= 15 is 0 Å². The number of non-ortho nitro benzene ring substituents is 1. The minimum absolute atomic E-state index is 0.0518. The molecule has 0 fully saturated rings. The monoisotopic (exact) mass is 235 g/mol. The number of aliphatic hydroxyl groups excluding tert-OH is 1. The van der Waals surface area contributed by atoms with Crippen LogP contribution < -0.4 is 0 Å². The summed E-state index contributed by atoms with van der Waals surface area (Å²) in [7, 11) is 0. The third-order valence-corrected chi connectivity index (χ3v) is 2.64. The first kappa shape index (κ1) is 11.5. The van der Waals surface area contributed by atoms with Gasteiger partial charge >= 0.3 is 0 Å². The van der Waals surface area contributed by atoms with E-state index in [4.69, 9.17) is 5.11 Å². The summed E-state index contributed by atoms with van der Waals surface area (Å²) >= 11 is 0. The molecule has 1 aromatic heterocycles. The highest BCUT2D eigenvalue weighted by Crippen LogP contribution is 2.21. The van der Waals surface area contributed by atoms with Crippen LogP contribution in [0, 0.1) is 16.0 Å². The van der Waals surface area contributed by atoms with E-state index in [1.807, 2.05) is 6.92 Å². The van der Waals surface area contributed by atoms with E-state index in [0.29, 0.717) is 6.54 Å². The highest BCUT2D eigenvalue weighted by molar-refractivity contribution is 5.80. The molecule has 1 N–H and O–H groups in total. The fraction of sp³-hybridized carbons (Fsp3) is 0.364. The van der Waals surface area contributed by atoms with Crippen LogP contribution in [0.25, 0.3) is 10.9 Å². The molecule has 6 heteroatoms. The number of fused-ring (bicyclic) bond motifs is 1. The maximum Gasteiger partial charge on any atom is 0.271 e. The van der Waals surface area contributed by atoms with Crippen LogP contribution in [0.2, 0.25) is 0 Å². The Hall–Kier alpha value is -1.95. The summed E-state index contributed by atoms with van der Waals surface area (Å²) in [6, 6.07) is 4.65. The molecule has 90 valence electrons. The predicted octanol–water partition coefficient (Wildman–Crippen LogP) is 1.57. The molecule has 1 heterocycles. The average molecular weight is 235 g/mol. The summed E-state index contributed by atoms with van der Waals surface area (Å²) in [4.78, 5) is 10.3. The number of benzene rings is 1. The van der Waals surface area contributed by atoms with E-state index < -0.39 is 4.92 Å². The van der Waals surface area contributed by atoms with Gasteiger partial charge in [-0.15, -0.1) is 0 Å². The third kappa shape index (κ3) is 2.26. The lowest BCUT2D eigenvalue weighted by atomic mass is 10.2. The Morgan fingerprint density at radius 1 is 1.59 bits per heavy atom. The van der Waals surface area contributed by atoms with Gasteiger partial charge in [-0.3, -0.25) is 14.8 Å². The molecule has 0 bridgehead atoms. The van der Waals surface area contributed by atoms with Crippen molar-refractivity contribution in [1.82, 2.24) is 9.78 Å². The van der Waals surface area contributed by atoms with E-state index in [-0.39, 0.29) is 18.2 Å². The second kappa shape index (κ2) is 4.50. The van der Waals surface area contributed by atoms with E-state index in [1.54, 1.807) is 16.9 Å². The first-order chi connectivity index (χ1) is 8.11. The Morgan fingerprint density at radius 3 is 3.00 bits per heavy atom. The minimum atomic E-state index is -0.424. The van der Waals surface area contributed by atoms with E-state index in [0.717, 1.165) is 10.9 Å². The van der Waals surface area contributed by atoms with Gasteiger partial charge in [0.15, 0.2) is 0 Å². The quantitative estimate of drug-likeness (QED) is 0.644. The predicted molar refractivity (Wildman–Crippen MR) is 62.6 cm³/mol. The van der Waals surface area contributed by atoms with Gasteiger partial charge in [0.2, 0.25) is 0 Å². The zero-order chi connectivity index (χ0) is 12.4. The topological polar surface area (TPSA) is 81.2 Å². The molecule has 0 spiro atoms. The third-order valence-electron chi connectivity index (χ3n) is 2.64. The van der Waals surface area contributed by atoms with Gasteiger partial charge in [-0.2, -0.15) is 5.10 Å². The Morgan fingerprint density at radius 2 is 2.35 bits per heavy atom. The van der Waals surface area contributed by atoms with Gasteiger partial charge in [0, 0.05) is 30.7 Å². The first-order valence-electron chi connectivity index (χ1n) is 5.32. The highest BCUT2D eigenvalue weighted by Gasteiger charge is 2.11. The van der Waals surface area contributed by atoms with Crippen LogP contribution in [0.15, 0.2) is 24.4 Å². The molecule has 0 radical (unpaired) electrons. The number of hydrogen-bond donors (Lipinski definition) is 1. The molecule has 0 aliphatic heterocycles. The molecule has 2 rings (SSSR count). The Kier molecular flexibility index (Phi) is 3.06. The minimum Gasteiger partial charge on any atom is -0.396 e. The molecule has 0 saturated heterocycles. The van der Waals surface area contributed by atoms with Crippen molar-refractivity contribution >= 4 is 16.6 Å². The van der Waals surface area contributed by atoms with Crippen LogP contribution in [0.5, 0.6) is 0 Å². The van der Waals surface area contributed by atoms with Crippen LogP contribution >= 0.6 is 0 Å². The van der Waals surface area contributed by atoms with Crippen molar-refractivity contribution in [3.8, 4) is 0 Å². The number of nitrogens with zero attached hydrogens (tertiary/aromatic N) is 3. The SMILES string of the molecule is CC(CO)Cn1ncc2ccc([N+](=O)[O-])cc21. The molecule has 0 amide bonds. The summed E-state index contributed by atoms with van der Waals surface area (Å²) in [5.41, 5.74) is 0.774. The molecule has 1 aromatic carbocycles. The zero-order valence-corrected chi connectivity index (χ0v) is 9.41. The Bertz CT molecular complexity index is 550. The maximum absolute atomic E-state index is 10.7. The number of aliphatic hydroxyl groups is 1. The molecular formula is C11H13N3O3. The molecule has 0 aliphatic carbocycles. The average Bonchev–Trinajstić information content (AvgIpc) is 2.71. The molecule has 17 heavy (non-hydrogen) atoms. The van der Waals surface area contributed by atoms with Gasteiger partial charge < -0.3 is 5.11 Å². The Labute approximate surface area is 97.6 Å². The number of nitro groups is 1.